The molecule has 130 valence electrons. The average Bonchev–Trinajstić information content (AvgIpc) is 3.11. The Labute approximate surface area is 145 Å². The molecule has 4 nitrogen and oxygen atoms in total. The monoisotopic (exact) mass is 328 g/mol. The fraction of sp³-hybridized carbons (Fsp3) is 0.500. The van der Waals surface area contributed by atoms with Gasteiger partial charge in [-0.25, -0.2) is 9.69 Å². The average molecular weight is 328 g/mol. The molecular formula is C20H28N2O2. The van der Waals surface area contributed by atoms with Crippen LogP contribution in [0, 0.1) is 6.92 Å². The minimum atomic E-state index is -0.343. The maximum absolute atomic E-state index is 12.5. The van der Waals surface area contributed by atoms with Gasteiger partial charge in [0.1, 0.15) is 6.04 Å². The van der Waals surface area contributed by atoms with E-state index in [-0.39, 0.29) is 18.0 Å². The number of hydrogen-bond donors (Lipinski definition) is 0. The second-order valence-corrected chi connectivity index (χ2v) is 6.62. The van der Waals surface area contributed by atoms with E-state index in [1.54, 1.807) is 6.20 Å². The molecule has 0 saturated carbocycles. The molecule has 24 heavy (non-hydrogen) atoms. The van der Waals surface area contributed by atoms with Gasteiger partial charge in [0.15, 0.2) is 0 Å². The summed E-state index contributed by atoms with van der Waals surface area (Å²) < 4.78 is 0. The van der Waals surface area contributed by atoms with Crippen LogP contribution in [0.2, 0.25) is 0 Å². The number of anilines is 1. The number of carbonyl (C=O) groups excluding carboxylic acids is 2. The quantitative estimate of drug-likeness (QED) is 0.734. The van der Waals surface area contributed by atoms with Gasteiger partial charge in [0.05, 0.1) is 5.69 Å². The number of urea groups is 1. The standard InChI is InChI=1S/C17H20N2O2.C3H8/c1-4-12(3)13-8-11(2)9-14(10-13)19-16(20)15-6-5-7-18(15)17(19)21;1-3-2/h5,7-10,12,15H,4,6H2,1-3H3;3H2,1-2H3. The van der Waals surface area contributed by atoms with Crippen molar-refractivity contribution in [3.05, 3.63) is 41.6 Å². The van der Waals surface area contributed by atoms with E-state index < -0.39 is 0 Å². The van der Waals surface area contributed by atoms with Gasteiger partial charge in [0.25, 0.3) is 5.91 Å². The van der Waals surface area contributed by atoms with E-state index in [9.17, 15) is 9.59 Å². The number of amides is 3. The lowest BCUT2D eigenvalue weighted by Gasteiger charge is -2.18. The van der Waals surface area contributed by atoms with E-state index in [4.69, 9.17) is 0 Å². The highest BCUT2D eigenvalue weighted by Gasteiger charge is 2.46. The van der Waals surface area contributed by atoms with Gasteiger partial charge in [-0.05, 0) is 48.9 Å². The highest BCUT2D eigenvalue weighted by molar-refractivity contribution is 6.22. The molecule has 1 aromatic carbocycles. The summed E-state index contributed by atoms with van der Waals surface area (Å²) in [5, 5.41) is 0. The normalized spacial score (nSPS) is 20.1. The zero-order chi connectivity index (χ0) is 17.9. The molecule has 3 rings (SSSR count). The number of aryl methyl sites for hydroxylation is 1. The van der Waals surface area contributed by atoms with Crippen LogP contribution in [0.15, 0.2) is 30.5 Å². The predicted molar refractivity (Wildman–Crippen MR) is 98.1 cm³/mol. The van der Waals surface area contributed by atoms with Crippen molar-refractivity contribution >= 4 is 17.6 Å². The van der Waals surface area contributed by atoms with Crippen LogP contribution in [0.5, 0.6) is 0 Å². The van der Waals surface area contributed by atoms with Crippen molar-refractivity contribution in [1.82, 2.24) is 4.90 Å². The summed E-state index contributed by atoms with van der Waals surface area (Å²) in [5.74, 6) is 0.293. The molecule has 1 fully saturated rings. The van der Waals surface area contributed by atoms with Crippen molar-refractivity contribution in [1.29, 1.82) is 0 Å². The number of rotatable bonds is 3. The molecule has 0 aliphatic carbocycles. The first-order chi connectivity index (χ1) is 11.4. The molecule has 0 bridgehead atoms. The van der Waals surface area contributed by atoms with E-state index >= 15 is 0 Å². The Morgan fingerprint density at radius 1 is 1.17 bits per heavy atom. The Balaban J connectivity index is 0.000000647. The van der Waals surface area contributed by atoms with E-state index in [2.05, 4.69) is 33.8 Å². The molecule has 2 aliphatic heterocycles. The first-order valence-electron chi connectivity index (χ1n) is 8.89. The topological polar surface area (TPSA) is 40.6 Å². The van der Waals surface area contributed by atoms with E-state index in [0.29, 0.717) is 18.0 Å². The van der Waals surface area contributed by atoms with Gasteiger partial charge in [-0.2, -0.15) is 0 Å². The molecule has 2 unspecified atom stereocenters. The molecule has 1 saturated heterocycles. The molecule has 4 heteroatoms. The van der Waals surface area contributed by atoms with Crippen molar-refractivity contribution in [2.75, 3.05) is 4.90 Å². The highest BCUT2D eigenvalue weighted by atomic mass is 16.2. The van der Waals surface area contributed by atoms with Crippen LogP contribution in [0.25, 0.3) is 0 Å². The first-order valence-corrected chi connectivity index (χ1v) is 8.89. The molecule has 0 radical (unpaired) electrons. The van der Waals surface area contributed by atoms with Crippen LogP contribution < -0.4 is 4.90 Å². The van der Waals surface area contributed by atoms with Gasteiger partial charge in [-0.15, -0.1) is 0 Å². The molecule has 0 N–H and O–H groups in total. The summed E-state index contributed by atoms with van der Waals surface area (Å²) in [5.41, 5.74) is 2.95. The maximum Gasteiger partial charge on any atom is 0.336 e. The lowest BCUT2D eigenvalue weighted by atomic mass is 9.96. The van der Waals surface area contributed by atoms with Gasteiger partial charge in [-0.3, -0.25) is 9.69 Å². The van der Waals surface area contributed by atoms with Gasteiger partial charge in [-0.1, -0.05) is 46.3 Å². The van der Waals surface area contributed by atoms with Crippen molar-refractivity contribution < 1.29 is 9.59 Å². The van der Waals surface area contributed by atoms with Crippen LogP contribution >= 0.6 is 0 Å². The molecular weight excluding hydrogens is 300 g/mol. The van der Waals surface area contributed by atoms with Gasteiger partial charge in [0, 0.05) is 6.20 Å². The summed E-state index contributed by atoms with van der Waals surface area (Å²) in [7, 11) is 0. The molecule has 3 amide bonds. The van der Waals surface area contributed by atoms with Crippen LogP contribution in [0.1, 0.15) is 64.0 Å². The van der Waals surface area contributed by atoms with Crippen LogP contribution in [-0.4, -0.2) is 22.9 Å². The van der Waals surface area contributed by atoms with E-state index in [0.717, 1.165) is 12.0 Å². The fourth-order valence-electron chi connectivity index (χ4n) is 2.98. The Bertz CT molecular complexity index is 651. The second-order valence-electron chi connectivity index (χ2n) is 6.62. The number of nitrogens with zero attached hydrogens (tertiary/aromatic N) is 2. The van der Waals surface area contributed by atoms with Crippen LogP contribution in [-0.2, 0) is 4.79 Å². The minimum absolute atomic E-state index is 0.120. The Kier molecular flexibility index (Phi) is 5.81. The maximum atomic E-state index is 12.5. The van der Waals surface area contributed by atoms with Gasteiger partial charge in [0.2, 0.25) is 0 Å². The molecule has 2 aliphatic rings. The van der Waals surface area contributed by atoms with Crippen molar-refractivity contribution in [3.8, 4) is 0 Å². The SMILES string of the molecule is CCC.CCC(C)c1cc(C)cc(N2C(=O)C3CC=CN3C2=O)c1. The van der Waals surface area contributed by atoms with Crippen LogP contribution in [0.3, 0.4) is 0 Å². The summed E-state index contributed by atoms with van der Waals surface area (Å²) in [4.78, 5) is 27.8. The fourth-order valence-corrected chi connectivity index (χ4v) is 2.98. The number of carbonyl (C=O) groups is 2. The first kappa shape index (κ1) is 18.2. The van der Waals surface area contributed by atoms with Gasteiger partial charge < -0.3 is 0 Å². The van der Waals surface area contributed by atoms with Crippen molar-refractivity contribution in [2.24, 2.45) is 0 Å². The van der Waals surface area contributed by atoms with Crippen molar-refractivity contribution in [2.45, 2.75) is 65.8 Å². The zero-order valence-corrected chi connectivity index (χ0v) is 15.4. The van der Waals surface area contributed by atoms with Gasteiger partial charge >= 0.3 is 6.03 Å². The molecule has 0 spiro atoms. The molecule has 2 heterocycles. The van der Waals surface area contributed by atoms with E-state index in [1.807, 2.05) is 25.1 Å². The minimum Gasteiger partial charge on any atom is -0.288 e. The Hall–Kier alpha value is -2.10. The number of fused-ring (bicyclic) bond motifs is 1. The van der Waals surface area contributed by atoms with Crippen molar-refractivity contribution in [3.63, 3.8) is 0 Å². The lowest BCUT2D eigenvalue weighted by molar-refractivity contribution is -0.119. The third-order valence-electron chi connectivity index (χ3n) is 4.40. The van der Waals surface area contributed by atoms with Crippen LogP contribution in [0.4, 0.5) is 10.5 Å². The molecule has 0 aromatic heterocycles. The summed E-state index contributed by atoms with van der Waals surface area (Å²) in [6, 6.07) is 5.43. The summed E-state index contributed by atoms with van der Waals surface area (Å²) >= 11 is 0. The summed E-state index contributed by atoms with van der Waals surface area (Å²) in [6.45, 7) is 10.5. The smallest absolute Gasteiger partial charge is 0.288 e. The third kappa shape index (κ3) is 3.37. The highest BCUT2D eigenvalue weighted by Crippen LogP contribution is 2.33. The molecule has 2 atom stereocenters. The number of imide groups is 1. The lowest BCUT2D eigenvalue weighted by Crippen LogP contribution is -2.31. The predicted octanol–water partition coefficient (Wildman–Crippen LogP) is 4.98. The largest absolute Gasteiger partial charge is 0.336 e. The Morgan fingerprint density at radius 2 is 1.83 bits per heavy atom. The second kappa shape index (κ2) is 7.65. The Morgan fingerprint density at radius 3 is 2.42 bits per heavy atom. The summed E-state index contributed by atoms with van der Waals surface area (Å²) in [6.07, 6.45) is 6.49. The zero-order valence-electron chi connectivity index (χ0n) is 15.4. The van der Waals surface area contributed by atoms with E-state index in [1.165, 1.54) is 21.8 Å². The number of hydrogen-bond acceptors (Lipinski definition) is 2. The third-order valence-corrected chi connectivity index (χ3v) is 4.40. The molecule has 1 aromatic rings. The number of benzene rings is 1.